The van der Waals surface area contributed by atoms with Crippen LogP contribution in [0.3, 0.4) is 0 Å². The lowest BCUT2D eigenvalue weighted by Gasteiger charge is -2.23. The average Bonchev–Trinajstić information content (AvgIpc) is 3.35. The molecule has 0 saturated carbocycles. The summed E-state index contributed by atoms with van der Waals surface area (Å²) in [5, 5.41) is 0.982. The van der Waals surface area contributed by atoms with E-state index in [4.69, 9.17) is 18.6 Å². The van der Waals surface area contributed by atoms with Gasteiger partial charge < -0.3 is 23.5 Å². The van der Waals surface area contributed by atoms with Gasteiger partial charge in [-0.3, -0.25) is 0 Å². The molecular weight excluding hydrogens is 358 g/mol. The quantitative estimate of drug-likeness (QED) is 0.507. The molecule has 7 heteroatoms. The molecule has 0 unspecified atom stereocenters. The van der Waals surface area contributed by atoms with Gasteiger partial charge >= 0.3 is 0 Å². The number of fused-ring (bicyclic) bond motifs is 4. The molecule has 1 aliphatic rings. The summed E-state index contributed by atoms with van der Waals surface area (Å²) in [5.74, 6) is 2.28. The molecule has 0 amide bonds. The van der Waals surface area contributed by atoms with Crippen LogP contribution in [0.2, 0.25) is 0 Å². The number of furan rings is 1. The van der Waals surface area contributed by atoms with Crippen LogP contribution in [0.25, 0.3) is 22.1 Å². The van der Waals surface area contributed by atoms with Crippen LogP contribution in [0.15, 0.2) is 53.2 Å². The number of rotatable bonds is 6. The lowest BCUT2D eigenvalue weighted by molar-refractivity contribution is 0.174. The maximum Gasteiger partial charge on any atom is 0.231 e. The highest BCUT2D eigenvalue weighted by Gasteiger charge is 2.20. The highest BCUT2D eigenvalue weighted by molar-refractivity contribution is 6.05. The van der Waals surface area contributed by atoms with Gasteiger partial charge in [0, 0.05) is 25.6 Å². The van der Waals surface area contributed by atoms with E-state index in [0.717, 1.165) is 39.4 Å². The third kappa shape index (κ3) is 2.90. The fourth-order valence-electron chi connectivity index (χ4n) is 3.46. The molecule has 0 atom stereocenters. The molecule has 0 radical (unpaired) electrons. The Morgan fingerprint density at radius 3 is 2.89 bits per heavy atom. The van der Waals surface area contributed by atoms with Crippen molar-refractivity contribution in [1.29, 1.82) is 0 Å². The van der Waals surface area contributed by atoms with Gasteiger partial charge in [-0.15, -0.1) is 0 Å². The fraction of sp³-hybridized carbons (Fsp3) is 0.238. The van der Waals surface area contributed by atoms with Crippen LogP contribution in [0, 0.1) is 0 Å². The van der Waals surface area contributed by atoms with Gasteiger partial charge in [-0.05, 0) is 29.8 Å². The van der Waals surface area contributed by atoms with Crippen LogP contribution in [0.4, 0.5) is 5.82 Å². The second kappa shape index (κ2) is 7.01. The van der Waals surface area contributed by atoms with Crippen molar-refractivity contribution >= 4 is 27.9 Å². The van der Waals surface area contributed by atoms with Crippen molar-refractivity contribution < 1.29 is 18.6 Å². The first-order valence-corrected chi connectivity index (χ1v) is 9.08. The average molecular weight is 377 g/mol. The molecule has 7 nitrogen and oxygen atoms in total. The zero-order valence-corrected chi connectivity index (χ0v) is 15.4. The molecule has 0 aliphatic carbocycles. The van der Waals surface area contributed by atoms with E-state index < -0.39 is 0 Å². The van der Waals surface area contributed by atoms with Gasteiger partial charge in [0.05, 0.1) is 6.61 Å². The summed E-state index contributed by atoms with van der Waals surface area (Å²) in [4.78, 5) is 11.1. The van der Waals surface area contributed by atoms with Gasteiger partial charge in [-0.25, -0.2) is 9.97 Å². The van der Waals surface area contributed by atoms with Gasteiger partial charge in [0.1, 0.15) is 17.4 Å². The third-order valence-electron chi connectivity index (χ3n) is 4.81. The third-order valence-corrected chi connectivity index (χ3v) is 4.81. The lowest BCUT2D eigenvalue weighted by atomic mass is 10.2. The first-order chi connectivity index (χ1) is 13.8. The summed E-state index contributed by atoms with van der Waals surface area (Å²) < 4.78 is 22.3. The second-order valence-electron chi connectivity index (χ2n) is 6.58. The van der Waals surface area contributed by atoms with E-state index in [-0.39, 0.29) is 6.79 Å². The van der Waals surface area contributed by atoms with Crippen molar-refractivity contribution in [2.45, 2.75) is 6.54 Å². The predicted molar refractivity (Wildman–Crippen MR) is 105 cm³/mol. The maximum atomic E-state index is 6.10. The zero-order valence-electron chi connectivity index (χ0n) is 15.4. The minimum Gasteiger partial charge on any atom is -0.454 e. The summed E-state index contributed by atoms with van der Waals surface area (Å²) in [6.45, 7) is 2.12. The number of ether oxygens (including phenoxy) is 3. The van der Waals surface area contributed by atoms with Gasteiger partial charge in [-0.1, -0.05) is 18.2 Å². The summed E-state index contributed by atoms with van der Waals surface area (Å²) in [6.07, 6.45) is 1.58. The minimum atomic E-state index is 0.262. The smallest absolute Gasteiger partial charge is 0.231 e. The highest BCUT2D eigenvalue weighted by atomic mass is 16.7. The van der Waals surface area contributed by atoms with E-state index in [1.807, 2.05) is 42.5 Å². The van der Waals surface area contributed by atoms with E-state index >= 15 is 0 Å². The Hall–Kier alpha value is -3.32. The lowest BCUT2D eigenvalue weighted by Crippen LogP contribution is -2.27. The molecule has 0 N–H and O–H groups in total. The molecule has 3 heterocycles. The number of methoxy groups -OCH3 is 1. The van der Waals surface area contributed by atoms with Crippen LogP contribution in [-0.4, -0.2) is 37.0 Å². The minimum absolute atomic E-state index is 0.262. The van der Waals surface area contributed by atoms with Crippen LogP contribution < -0.4 is 14.4 Å². The summed E-state index contributed by atoms with van der Waals surface area (Å²) in [5.41, 5.74) is 3.38. The number of anilines is 1. The number of para-hydroxylation sites is 1. The van der Waals surface area contributed by atoms with Crippen molar-refractivity contribution in [2.75, 3.05) is 32.0 Å². The van der Waals surface area contributed by atoms with Crippen LogP contribution in [-0.2, 0) is 11.3 Å². The molecule has 2 aromatic carbocycles. The van der Waals surface area contributed by atoms with Crippen molar-refractivity contribution in [3.8, 4) is 11.5 Å². The molecule has 28 heavy (non-hydrogen) atoms. The van der Waals surface area contributed by atoms with Gasteiger partial charge in [0.25, 0.3) is 0 Å². The number of hydrogen-bond donors (Lipinski definition) is 0. The van der Waals surface area contributed by atoms with E-state index in [2.05, 4.69) is 14.9 Å². The Labute approximate surface area is 161 Å². The monoisotopic (exact) mass is 377 g/mol. The topological polar surface area (TPSA) is 69.9 Å². The van der Waals surface area contributed by atoms with Crippen molar-refractivity contribution in [3.63, 3.8) is 0 Å². The van der Waals surface area contributed by atoms with Gasteiger partial charge in [-0.2, -0.15) is 0 Å². The summed E-state index contributed by atoms with van der Waals surface area (Å²) in [6, 6.07) is 13.8. The van der Waals surface area contributed by atoms with Crippen molar-refractivity contribution in [2.24, 2.45) is 0 Å². The Kier molecular flexibility index (Phi) is 4.21. The Balaban J connectivity index is 1.56. The van der Waals surface area contributed by atoms with E-state index in [9.17, 15) is 0 Å². The van der Waals surface area contributed by atoms with Crippen molar-refractivity contribution in [1.82, 2.24) is 9.97 Å². The van der Waals surface area contributed by atoms with Crippen LogP contribution in [0.1, 0.15) is 5.56 Å². The molecule has 0 spiro atoms. The summed E-state index contributed by atoms with van der Waals surface area (Å²) >= 11 is 0. The Morgan fingerprint density at radius 1 is 1.07 bits per heavy atom. The molecular formula is C21H19N3O4. The van der Waals surface area contributed by atoms with Gasteiger partial charge in [0.2, 0.25) is 6.79 Å². The zero-order chi connectivity index (χ0) is 18.9. The van der Waals surface area contributed by atoms with E-state index in [0.29, 0.717) is 25.3 Å². The maximum absolute atomic E-state index is 6.10. The first-order valence-electron chi connectivity index (χ1n) is 9.08. The molecule has 2 aromatic heterocycles. The van der Waals surface area contributed by atoms with Gasteiger partial charge in [0.15, 0.2) is 22.9 Å². The first kappa shape index (κ1) is 16.8. The second-order valence-corrected chi connectivity index (χ2v) is 6.58. The molecule has 142 valence electrons. The van der Waals surface area contributed by atoms with E-state index in [1.54, 1.807) is 13.4 Å². The van der Waals surface area contributed by atoms with Crippen molar-refractivity contribution in [3.05, 3.63) is 54.4 Å². The molecule has 0 bridgehead atoms. The fourth-order valence-corrected chi connectivity index (χ4v) is 3.46. The number of aromatic nitrogens is 2. The van der Waals surface area contributed by atoms with E-state index in [1.165, 1.54) is 0 Å². The number of nitrogens with zero attached hydrogens (tertiary/aromatic N) is 3. The molecule has 4 aromatic rings. The highest BCUT2D eigenvalue weighted by Crippen LogP contribution is 2.35. The number of benzene rings is 2. The normalized spacial score (nSPS) is 12.8. The molecule has 1 aliphatic heterocycles. The SMILES string of the molecule is COCCN(Cc1ccc2c(c1)OCO2)c1ncnc2c1oc1ccccc12. The molecule has 0 fully saturated rings. The van der Waals surface area contributed by atoms with Crippen LogP contribution in [0.5, 0.6) is 11.5 Å². The molecule has 0 saturated heterocycles. The summed E-state index contributed by atoms with van der Waals surface area (Å²) in [7, 11) is 1.69. The predicted octanol–water partition coefficient (Wildman–Crippen LogP) is 3.76. The standard InChI is InChI=1S/C21H19N3O4/c1-25-9-8-24(11-14-6-7-17-18(10-14)27-13-26-17)21-20-19(22-12-23-21)15-4-2-3-5-16(15)28-20/h2-7,10,12H,8-9,11,13H2,1H3. The Bertz CT molecular complexity index is 1140. The van der Waals surface area contributed by atoms with Crippen LogP contribution >= 0.6 is 0 Å². The molecule has 5 rings (SSSR count). The Morgan fingerprint density at radius 2 is 1.96 bits per heavy atom. The largest absolute Gasteiger partial charge is 0.454 e. The number of hydrogen-bond acceptors (Lipinski definition) is 7.